The molecular formula is C30H48BrNO. The molecule has 3 heteroatoms. The molecule has 33 heavy (non-hydrogen) atoms. The number of halogens is 1. The topological polar surface area (TPSA) is 20.2 Å². The molecule has 0 aliphatic rings. The number of aliphatic hydroxyl groups is 1. The first kappa shape index (κ1) is 29.9. The van der Waals surface area contributed by atoms with Crippen LogP contribution in [0.15, 0.2) is 54.6 Å². The van der Waals surface area contributed by atoms with Crippen molar-refractivity contribution in [2.45, 2.75) is 96.6 Å². The van der Waals surface area contributed by atoms with E-state index in [-0.39, 0.29) is 23.0 Å². The second-order valence-corrected chi connectivity index (χ2v) is 10.2. The van der Waals surface area contributed by atoms with Gasteiger partial charge in [0.1, 0.15) is 12.1 Å². The molecule has 0 aliphatic heterocycles. The third-order valence-electron chi connectivity index (χ3n) is 6.95. The molecule has 0 aromatic heterocycles. The molecule has 0 saturated heterocycles. The summed E-state index contributed by atoms with van der Waals surface area (Å²) < 4.78 is 0.802. The molecule has 2 aromatic rings. The maximum atomic E-state index is 11.4. The lowest BCUT2D eigenvalue weighted by molar-refractivity contribution is -0.926. The fourth-order valence-corrected chi connectivity index (χ4v) is 4.89. The van der Waals surface area contributed by atoms with Crippen LogP contribution < -0.4 is 17.0 Å². The predicted molar refractivity (Wildman–Crippen MR) is 139 cm³/mol. The number of likely N-dealkylation sites (N-methyl/N-ethyl adjacent to an activating group) is 1. The standard InChI is InChI=1S/C30H48NO.BrH/c1-5-6-7-8-9-10-11-12-13-14-18-25-31(3,4)29(27-19-16-15-17-20-27)30(32)28-23-21-26(2)22-24-28;/h15-17,19-24,29-30,32H,5-14,18,25H2,1-4H3;1H/q+1;/p-1. The Bertz CT molecular complexity index is 729. The summed E-state index contributed by atoms with van der Waals surface area (Å²) in [4.78, 5) is 0. The van der Waals surface area contributed by atoms with E-state index in [1.165, 1.54) is 81.8 Å². The number of hydrogen-bond acceptors (Lipinski definition) is 1. The predicted octanol–water partition coefficient (Wildman–Crippen LogP) is 5.16. The van der Waals surface area contributed by atoms with Crippen LogP contribution in [0.1, 0.15) is 106 Å². The van der Waals surface area contributed by atoms with Gasteiger partial charge in [0.2, 0.25) is 0 Å². The summed E-state index contributed by atoms with van der Waals surface area (Å²) in [5.74, 6) is 0. The molecule has 0 saturated carbocycles. The number of nitrogens with zero attached hydrogens (tertiary/aromatic N) is 1. The monoisotopic (exact) mass is 517 g/mol. The van der Waals surface area contributed by atoms with E-state index < -0.39 is 6.10 Å². The highest BCUT2D eigenvalue weighted by molar-refractivity contribution is 5.27. The van der Waals surface area contributed by atoms with Crippen LogP contribution in [-0.4, -0.2) is 30.2 Å². The molecule has 2 atom stereocenters. The smallest absolute Gasteiger partial charge is 0.145 e. The van der Waals surface area contributed by atoms with E-state index in [1.807, 2.05) is 0 Å². The second-order valence-electron chi connectivity index (χ2n) is 10.2. The van der Waals surface area contributed by atoms with Crippen LogP contribution in [0.25, 0.3) is 0 Å². The largest absolute Gasteiger partial charge is 1.00 e. The minimum Gasteiger partial charge on any atom is -1.00 e. The van der Waals surface area contributed by atoms with Crippen LogP contribution in [0.5, 0.6) is 0 Å². The van der Waals surface area contributed by atoms with Crippen LogP contribution in [0.3, 0.4) is 0 Å². The highest BCUT2D eigenvalue weighted by Crippen LogP contribution is 2.37. The van der Waals surface area contributed by atoms with Crippen LogP contribution >= 0.6 is 0 Å². The molecule has 1 N–H and O–H groups in total. The zero-order valence-electron chi connectivity index (χ0n) is 21.6. The van der Waals surface area contributed by atoms with Gasteiger partial charge in [-0.05, 0) is 25.3 Å². The Hall–Kier alpha value is -1.16. The molecule has 0 amide bonds. The van der Waals surface area contributed by atoms with Crippen molar-refractivity contribution in [1.82, 2.24) is 0 Å². The number of benzene rings is 2. The summed E-state index contributed by atoms with van der Waals surface area (Å²) in [5.41, 5.74) is 3.45. The average Bonchev–Trinajstić information content (AvgIpc) is 2.78. The average molecular weight is 519 g/mol. The molecule has 2 unspecified atom stereocenters. The van der Waals surface area contributed by atoms with E-state index >= 15 is 0 Å². The fourth-order valence-electron chi connectivity index (χ4n) is 4.89. The lowest BCUT2D eigenvalue weighted by Crippen LogP contribution is -3.00. The molecule has 2 nitrogen and oxygen atoms in total. The van der Waals surface area contributed by atoms with E-state index in [0.717, 1.165) is 16.6 Å². The minimum atomic E-state index is -0.513. The van der Waals surface area contributed by atoms with Crippen molar-refractivity contribution in [3.05, 3.63) is 71.3 Å². The summed E-state index contributed by atoms with van der Waals surface area (Å²) in [6, 6.07) is 19.0. The molecule has 0 heterocycles. The van der Waals surface area contributed by atoms with Gasteiger partial charge < -0.3 is 26.6 Å². The maximum absolute atomic E-state index is 11.4. The van der Waals surface area contributed by atoms with Crippen LogP contribution in [0, 0.1) is 6.92 Å². The summed E-state index contributed by atoms with van der Waals surface area (Å²) >= 11 is 0. The molecule has 0 radical (unpaired) electrons. The Morgan fingerprint density at radius 2 is 1.15 bits per heavy atom. The Labute approximate surface area is 214 Å². The first-order chi connectivity index (χ1) is 15.5. The third kappa shape index (κ3) is 10.8. The number of aryl methyl sites for hydroxylation is 1. The molecule has 0 bridgehead atoms. The van der Waals surface area contributed by atoms with Gasteiger partial charge in [0, 0.05) is 5.56 Å². The van der Waals surface area contributed by atoms with E-state index in [1.54, 1.807) is 0 Å². The Morgan fingerprint density at radius 1 is 0.667 bits per heavy atom. The molecule has 0 fully saturated rings. The highest BCUT2D eigenvalue weighted by atomic mass is 79.9. The van der Waals surface area contributed by atoms with Gasteiger partial charge >= 0.3 is 0 Å². The third-order valence-corrected chi connectivity index (χ3v) is 6.95. The number of rotatable bonds is 16. The van der Waals surface area contributed by atoms with E-state index in [2.05, 4.69) is 82.5 Å². The van der Waals surface area contributed by atoms with Crippen molar-refractivity contribution in [2.75, 3.05) is 20.6 Å². The number of hydrogen-bond donors (Lipinski definition) is 1. The van der Waals surface area contributed by atoms with Crippen LogP contribution in [-0.2, 0) is 0 Å². The molecule has 2 rings (SSSR count). The lowest BCUT2D eigenvalue weighted by atomic mass is 9.92. The Kier molecular flexibility index (Phi) is 14.9. The van der Waals surface area contributed by atoms with Gasteiger partial charge in [-0.25, -0.2) is 0 Å². The second kappa shape index (κ2) is 16.5. The summed E-state index contributed by atoms with van der Waals surface area (Å²) in [7, 11) is 4.57. The van der Waals surface area contributed by atoms with E-state index in [9.17, 15) is 5.11 Å². The normalized spacial score (nSPS) is 13.4. The minimum absolute atomic E-state index is 0. The first-order valence-electron chi connectivity index (χ1n) is 13.1. The molecule has 2 aromatic carbocycles. The van der Waals surface area contributed by atoms with Crippen molar-refractivity contribution >= 4 is 0 Å². The summed E-state index contributed by atoms with van der Waals surface area (Å²) in [5, 5.41) is 11.4. The first-order valence-corrected chi connectivity index (χ1v) is 13.1. The van der Waals surface area contributed by atoms with Gasteiger partial charge in [-0.2, -0.15) is 0 Å². The number of aliphatic hydroxyl groups excluding tert-OH is 1. The van der Waals surface area contributed by atoms with Crippen molar-refractivity contribution in [3.8, 4) is 0 Å². The van der Waals surface area contributed by atoms with E-state index in [0.29, 0.717) is 0 Å². The van der Waals surface area contributed by atoms with Gasteiger partial charge in [0.25, 0.3) is 0 Å². The van der Waals surface area contributed by atoms with Gasteiger partial charge in [-0.15, -0.1) is 0 Å². The zero-order chi connectivity index (χ0) is 23.2. The highest BCUT2D eigenvalue weighted by Gasteiger charge is 2.36. The van der Waals surface area contributed by atoms with Crippen molar-refractivity contribution in [2.24, 2.45) is 0 Å². The molecule has 0 spiro atoms. The van der Waals surface area contributed by atoms with Crippen LogP contribution in [0.2, 0.25) is 0 Å². The molecule has 0 aliphatic carbocycles. The summed E-state index contributed by atoms with van der Waals surface area (Å²) in [6.45, 7) is 5.46. The molecule has 186 valence electrons. The van der Waals surface area contributed by atoms with Gasteiger partial charge in [0.15, 0.2) is 0 Å². The Balaban J connectivity index is 0.00000544. The van der Waals surface area contributed by atoms with Gasteiger partial charge in [0.05, 0.1) is 20.6 Å². The lowest BCUT2D eigenvalue weighted by Gasteiger charge is -2.41. The van der Waals surface area contributed by atoms with Crippen LogP contribution in [0.4, 0.5) is 0 Å². The quantitative estimate of drug-likeness (QED) is 0.240. The fraction of sp³-hybridized carbons (Fsp3) is 0.600. The SMILES string of the molecule is CCCCCCCCCCCCC[N+](C)(C)C(c1ccccc1)C(O)c1ccc(C)cc1.[Br-]. The van der Waals surface area contributed by atoms with Crippen molar-refractivity contribution in [1.29, 1.82) is 0 Å². The van der Waals surface area contributed by atoms with E-state index in [4.69, 9.17) is 0 Å². The number of unbranched alkanes of at least 4 members (excludes halogenated alkanes) is 10. The van der Waals surface area contributed by atoms with Crippen molar-refractivity contribution < 1.29 is 26.6 Å². The zero-order valence-corrected chi connectivity index (χ0v) is 23.2. The summed E-state index contributed by atoms with van der Waals surface area (Å²) in [6.07, 6.45) is 14.5. The van der Waals surface area contributed by atoms with Gasteiger partial charge in [-0.3, -0.25) is 0 Å². The van der Waals surface area contributed by atoms with Gasteiger partial charge in [-0.1, -0.05) is 125 Å². The molecular weight excluding hydrogens is 470 g/mol. The maximum Gasteiger partial charge on any atom is 0.145 e. The van der Waals surface area contributed by atoms with Crippen molar-refractivity contribution in [3.63, 3.8) is 0 Å². The number of quaternary nitrogens is 1. The Morgan fingerprint density at radius 3 is 1.67 bits per heavy atom.